The second-order valence-electron chi connectivity index (χ2n) is 3.70. The Labute approximate surface area is 81.5 Å². The van der Waals surface area contributed by atoms with Gasteiger partial charge in [-0.25, -0.2) is 0 Å². The zero-order valence-corrected chi connectivity index (χ0v) is 9.10. The number of rotatable bonds is 8. The van der Waals surface area contributed by atoms with Gasteiger partial charge < -0.3 is 15.2 Å². The Hall–Kier alpha value is -0.120. The minimum absolute atomic E-state index is 0.0285. The number of hydrogen-bond donors (Lipinski definition) is 2. The van der Waals surface area contributed by atoms with Crippen molar-refractivity contribution in [3.05, 3.63) is 0 Å². The third-order valence-corrected chi connectivity index (χ3v) is 2.32. The molecule has 0 amide bonds. The second-order valence-corrected chi connectivity index (χ2v) is 3.70. The molecule has 0 aromatic rings. The van der Waals surface area contributed by atoms with Crippen LogP contribution in [0.3, 0.4) is 0 Å². The first-order valence-corrected chi connectivity index (χ1v) is 5.03. The van der Waals surface area contributed by atoms with Crippen LogP contribution >= 0.6 is 0 Å². The minimum atomic E-state index is 0.0285. The summed E-state index contributed by atoms with van der Waals surface area (Å²) in [5, 5.41) is 12.4. The Balaban J connectivity index is 3.84. The number of hydrogen-bond acceptors (Lipinski definition) is 3. The molecule has 1 unspecified atom stereocenters. The van der Waals surface area contributed by atoms with E-state index >= 15 is 0 Å². The highest BCUT2D eigenvalue weighted by atomic mass is 16.5. The lowest BCUT2D eigenvalue weighted by Crippen LogP contribution is -2.44. The van der Waals surface area contributed by atoms with E-state index in [1.807, 2.05) is 0 Å². The van der Waals surface area contributed by atoms with Crippen molar-refractivity contribution in [1.82, 2.24) is 5.32 Å². The van der Waals surface area contributed by atoms with E-state index in [4.69, 9.17) is 9.84 Å². The molecule has 0 saturated heterocycles. The van der Waals surface area contributed by atoms with E-state index in [9.17, 15) is 0 Å². The summed E-state index contributed by atoms with van der Waals surface area (Å²) in [6.07, 6.45) is 2.86. The van der Waals surface area contributed by atoms with Crippen LogP contribution in [0, 0.1) is 0 Å². The Morgan fingerprint density at radius 2 is 2.08 bits per heavy atom. The molecule has 0 aliphatic heterocycles. The standard InChI is InChI=1S/C10H23NO2/c1-4-7-11-10(2,5-8-12)6-9-13-3/h11-12H,4-9H2,1-3H3. The molecule has 80 valence electrons. The molecule has 3 heteroatoms. The highest BCUT2D eigenvalue weighted by molar-refractivity contribution is 4.82. The maximum absolute atomic E-state index is 8.92. The van der Waals surface area contributed by atoms with Crippen LogP contribution in [0.4, 0.5) is 0 Å². The van der Waals surface area contributed by atoms with Crippen molar-refractivity contribution in [2.75, 3.05) is 26.9 Å². The van der Waals surface area contributed by atoms with Crippen LogP contribution in [0.2, 0.25) is 0 Å². The van der Waals surface area contributed by atoms with E-state index in [0.29, 0.717) is 0 Å². The molecule has 0 aromatic heterocycles. The number of aliphatic hydroxyl groups is 1. The van der Waals surface area contributed by atoms with Gasteiger partial charge in [0.05, 0.1) is 0 Å². The second kappa shape index (κ2) is 7.30. The first-order chi connectivity index (χ1) is 6.18. The van der Waals surface area contributed by atoms with Crippen LogP contribution in [0.5, 0.6) is 0 Å². The summed E-state index contributed by atoms with van der Waals surface area (Å²) < 4.78 is 5.04. The van der Waals surface area contributed by atoms with E-state index < -0.39 is 0 Å². The van der Waals surface area contributed by atoms with Crippen LogP contribution < -0.4 is 5.32 Å². The summed E-state index contributed by atoms with van der Waals surface area (Å²) in [6, 6.07) is 0. The fourth-order valence-electron chi connectivity index (χ4n) is 1.30. The lowest BCUT2D eigenvalue weighted by Gasteiger charge is -2.30. The van der Waals surface area contributed by atoms with Gasteiger partial charge in [0, 0.05) is 25.9 Å². The zero-order chi connectivity index (χ0) is 10.2. The zero-order valence-electron chi connectivity index (χ0n) is 9.10. The van der Waals surface area contributed by atoms with Gasteiger partial charge in [-0.2, -0.15) is 0 Å². The Morgan fingerprint density at radius 1 is 1.38 bits per heavy atom. The average molecular weight is 189 g/mol. The van der Waals surface area contributed by atoms with Gasteiger partial charge in [-0.15, -0.1) is 0 Å². The number of nitrogens with one attached hydrogen (secondary N) is 1. The third kappa shape index (κ3) is 6.02. The van der Waals surface area contributed by atoms with Crippen molar-refractivity contribution in [2.24, 2.45) is 0 Å². The van der Waals surface area contributed by atoms with Gasteiger partial charge in [0.25, 0.3) is 0 Å². The monoisotopic (exact) mass is 189 g/mol. The van der Waals surface area contributed by atoms with Gasteiger partial charge in [-0.1, -0.05) is 6.92 Å². The lowest BCUT2D eigenvalue weighted by atomic mass is 9.94. The Bertz CT molecular complexity index is 109. The van der Waals surface area contributed by atoms with Gasteiger partial charge in [0.2, 0.25) is 0 Å². The number of methoxy groups -OCH3 is 1. The maximum atomic E-state index is 8.92. The molecular weight excluding hydrogens is 166 g/mol. The quantitative estimate of drug-likeness (QED) is 0.602. The number of aliphatic hydroxyl groups excluding tert-OH is 1. The maximum Gasteiger partial charge on any atom is 0.0479 e. The molecule has 0 rings (SSSR count). The summed E-state index contributed by atoms with van der Waals surface area (Å²) in [5.41, 5.74) is 0.0285. The van der Waals surface area contributed by atoms with Crippen LogP contribution in [-0.2, 0) is 4.74 Å². The molecule has 3 nitrogen and oxygen atoms in total. The van der Waals surface area contributed by atoms with Crippen LogP contribution in [-0.4, -0.2) is 37.5 Å². The minimum Gasteiger partial charge on any atom is -0.396 e. The predicted molar refractivity (Wildman–Crippen MR) is 54.9 cm³/mol. The van der Waals surface area contributed by atoms with Crippen molar-refractivity contribution in [3.63, 3.8) is 0 Å². The topological polar surface area (TPSA) is 41.5 Å². The molecule has 0 aliphatic carbocycles. The highest BCUT2D eigenvalue weighted by Gasteiger charge is 2.21. The van der Waals surface area contributed by atoms with Gasteiger partial charge >= 0.3 is 0 Å². The lowest BCUT2D eigenvalue weighted by molar-refractivity contribution is 0.141. The predicted octanol–water partition coefficient (Wildman–Crippen LogP) is 1.16. The molecule has 0 bridgehead atoms. The van der Waals surface area contributed by atoms with Gasteiger partial charge in [0.1, 0.15) is 0 Å². The molecule has 0 fully saturated rings. The molecule has 0 spiro atoms. The van der Waals surface area contributed by atoms with Gasteiger partial charge in [-0.05, 0) is 32.7 Å². The summed E-state index contributed by atoms with van der Waals surface area (Å²) in [6.45, 7) is 6.25. The van der Waals surface area contributed by atoms with E-state index in [1.54, 1.807) is 7.11 Å². The molecule has 0 aromatic carbocycles. The van der Waals surface area contributed by atoms with E-state index in [2.05, 4.69) is 19.2 Å². The van der Waals surface area contributed by atoms with E-state index in [1.165, 1.54) is 0 Å². The van der Waals surface area contributed by atoms with Crippen molar-refractivity contribution in [3.8, 4) is 0 Å². The Morgan fingerprint density at radius 3 is 2.54 bits per heavy atom. The molecule has 0 radical (unpaired) electrons. The fourth-order valence-corrected chi connectivity index (χ4v) is 1.30. The molecule has 2 N–H and O–H groups in total. The van der Waals surface area contributed by atoms with Crippen molar-refractivity contribution in [2.45, 2.75) is 38.6 Å². The number of ether oxygens (including phenoxy) is 1. The average Bonchev–Trinajstić information content (AvgIpc) is 2.12. The van der Waals surface area contributed by atoms with Gasteiger partial charge in [0.15, 0.2) is 0 Å². The van der Waals surface area contributed by atoms with Crippen molar-refractivity contribution in [1.29, 1.82) is 0 Å². The summed E-state index contributed by atoms with van der Waals surface area (Å²) in [5.74, 6) is 0. The van der Waals surface area contributed by atoms with Gasteiger partial charge in [-0.3, -0.25) is 0 Å². The van der Waals surface area contributed by atoms with Crippen LogP contribution in [0.25, 0.3) is 0 Å². The van der Waals surface area contributed by atoms with Crippen LogP contribution in [0.15, 0.2) is 0 Å². The van der Waals surface area contributed by atoms with Crippen LogP contribution in [0.1, 0.15) is 33.1 Å². The largest absolute Gasteiger partial charge is 0.396 e. The van der Waals surface area contributed by atoms with Crippen molar-refractivity contribution >= 4 is 0 Å². The normalized spacial score (nSPS) is 15.7. The first-order valence-electron chi connectivity index (χ1n) is 5.03. The van der Waals surface area contributed by atoms with E-state index in [0.717, 1.165) is 32.4 Å². The third-order valence-electron chi connectivity index (χ3n) is 2.32. The molecular formula is C10H23NO2. The molecule has 13 heavy (non-hydrogen) atoms. The SMILES string of the molecule is CCCNC(C)(CCO)CCOC. The first kappa shape index (κ1) is 12.9. The Kier molecular flexibility index (Phi) is 7.23. The smallest absolute Gasteiger partial charge is 0.0479 e. The summed E-state index contributed by atoms with van der Waals surface area (Å²) in [4.78, 5) is 0. The molecule has 0 saturated carbocycles. The summed E-state index contributed by atoms with van der Waals surface area (Å²) in [7, 11) is 1.71. The molecule has 0 aliphatic rings. The van der Waals surface area contributed by atoms with E-state index in [-0.39, 0.29) is 12.1 Å². The molecule has 1 atom stereocenters. The summed E-state index contributed by atoms with van der Waals surface area (Å²) >= 11 is 0. The fraction of sp³-hybridized carbons (Fsp3) is 1.00. The highest BCUT2D eigenvalue weighted by Crippen LogP contribution is 2.14. The molecule has 0 heterocycles. The van der Waals surface area contributed by atoms with Crippen molar-refractivity contribution < 1.29 is 9.84 Å².